The highest BCUT2D eigenvalue weighted by atomic mass is 31.2. The summed E-state index contributed by atoms with van der Waals surface area (Å²) in [7, 11) is -3.95. The molecule has 2 aliphatic carbocycles. The van der Waals surface area contributed by atoms with E-state index in [9.17, 15) is 4.79 Å². The lowest BCUT2D eigenvalue weighted by Gasteiger charge is -2.42. The van der Waals surface area contributed by atoms with E-state index in [4.69, 9.17) is 13.8 Å². The molecule has 6 nitrogen and oxygen atoms in total. The zero-order valence-electron chi connectivity index (χ0n) is 24.8. The van der Waals surface area contributed by atoms with Crippen molar-refractivity contribution in [2.45, 2.75) is 124 Å². The highest BCUT2D eigenvalue weighted by Gasteiger charge is 2.48. The Labute approximate surface area is 231 Å². The first kappa shape index (κ1) is 31.3. The summed E-state index contributed by atoms with van der Waals surface area (Å²) in [6.07, 6.45) is 10.8. The number of carbonyl (C=O) groups excluding carboxylic acids is 1. The van der Waals surface area contributed by atoms with Crippen LogP contribution in [0.15, 0.2) is 24.5 Å². The van der Waals surface area contributed by atoms with E-state index in [1.807, 2.05) is 13.0 Å². The number of ether oxygens (including phenoxy) is 1. The second kappa shape index (κ2) is 14.4. The number of nitrogens with zero attached hydrogens (tertiary/aromatic N) is 1. The number of unbranched alkanes of at least 4 members (excludes halogenated alkanes) is 1. The Balaban J connectivity index is 1.99. The molecule has 0 N–H and O–H groups in total. The predicted octanol–water partition coefficient (Wildman–Crippen LogP) is 8.96. The van der Waals surface area contributed by atoms with E-state index in [0.717, 1.165) is 51.4 Å². The molecule has 38 heavy (non-hydrogen) atoms. The minimum Gasteiger partial charge on any atom is -0.444 e. The Bertz CT molecular complexity index is 869. The predicted molar refractivity (Wildman–Crippen MR) is 153 cm³/mol. The van der Waals surface area contributed by atoms with Crippen molar-refractivity contribution in [3.05, 3.63) is 30.1 Å². The number of hydrogen-bond donors (Lipinski definition) is 0. The van der Waals surface area contributed by atoms with E-state index in [2.05, 4.69) is 46.5 Å². The van der Waals surface area contributed by atoms with Crippen LogP contribution in [0.25, 0.3) is 0 Å². The topological polar surface area (TPSA) is 74.7 Å². The van der Waals surface area contributed by atoms with Crippen LogP contribution in [0.1, 0.15) is 118 Å². The lowest BCUT2D eigenvalue weighted by molar-refractivity contribution is -0.147. The summed E-state index contributed by atoms with van der Waals surface area (Å²) in [5, 5.41) is 0. The summed E-state index contributed by atoms with van der Waals surface area (Å²) in [6, 6.07) is 3.59. The first-order valence-electron chi connectivity index (χ1n) is 15.1. The van der Waals surface area contributed by atoms with Crippen molar-refractivity contribution >= 4 is 13.6 Å². The molecule has 2 aliphatic rings. The zero-order valence-corrected chi connectivity index (χ0v) is 25.7. The van der Waals surface area contributed by atoms with Gasteiger partial charge in [-0.3, -0.25) is 14.3 Å². The van der Waals surface area contributed by atoms with E-state index in [1.165, 1.54) is 0 Å². The smallest absolute Gasteiger partial charge is 0.376 e. The van der Waals surface area contributed by atoms with Gasteiger partial charge in [0.05, 0.1) is 12.2 Å². The van der Waals surface area contributed by atoms with E-state index in [-0.39, 0.29) is 36.4 Å². The molecule has 2 fully saturated rings. The van der Waals surface area contributed by atoms with Crippen LogP contribution >= 0.6 is 7.60 Å². The quantitative estimate of drug-likeness (QED) is 0.191. The summed E-state index contributed by atoms with van der Waals surface area (Å²) in [5.74, 6) is 1.07. The van der Waals surface area contributed by atoms with E-state index < -0.39 is 13.4 Å². The highest BCUT2D eigenvalue weighted by molar-refractivity contribution is 7.54. The molecule has 216 valence electrons. The molecule has 0 radical (unpaired) electrons. The molecule has 0 amide bonds. The molecule has 1 aromatic rings. The normalized spacial score (nSPS) is 29.4. The average Bonchev–Trinajstić information content (AvgIpc) is 2.88. The number of hydrogen-bond acceptors (Lipinski definition) is 6. The van der Waals surface area contributed by atoms with Gasteiger partial charge in [0.15, 0.2) is 0 Å². The van der Waals surface area contributed by atoms with Gasteiger partial charge in [-0.1, -0.05) is 61.0 Å². The Morgan fingerprint density at radius 1 is 0.974 bits per heavy atom. The molecule has 0 aliphatic heterocycles. The number of rotatable bonds is 12. The summed E-state index contributed by atoms with van der Waals surface area (Å²) in [5.41, 5.74) is 0.563. The molecule has 0 spiro atoms. The van der Waals surface area contributed by atoms with Crippen molar-refractivity contribution in [2.24, 2.45) is 35.5 Å². The van der Waals surface area contributed by atoms with Crippen LogP contribution in [-0.4, -0.2) is 23.2 Å². The third-order valence-electron chi connectivity index (χ3n) is 9.01. The van der Waals surface area contributed by atoms with Crippen molar-refractivity contribution < 1.29 is 23.1 Å². The third-order valence-corrected chi connectivity index (χ3v) is 11.1. The minimum absolute atomic E-state index is 0.213. The van der Waals surface area contributed by atoms with Crippen LogP contribution in [0.5, 0.6) is 0 Å². The van der Waals surface area contributed by atoms with Crippen LogP contribution in [0, 0.1) is 35.5 Å². The van der Waals surface area contributed by atoms with Crippen molar-refractivity contribution in [3.63, 3.8) is 0 Å². The van der Waals surface area contributed by atoms with Gasteiger partial charge in [0.2, 0.25) is 5.85 Å². The second-order valence-electron chi connectivity index (χ2n) is 12.6. The van der Waals surface area contributed by atoms with Crippen LogP contribution in [0.4, 0.5) is 0 Å². The fraction of sp³-hybridized carbons (Fsp3) is 0.806. The highest BCUT2D eigenvalue weighted by Crippen LogP contribution is 2.65. The minimum atomic E-state index is -3.95. The SMILES string of the molecule is CCCCC(=O)O[C@H](c1cccnc1)P(=O)(O[C@@H]1C[C@H](C(C)C)CC[C@@H]1C)O[C@@H]1C[C@H](C(C)C)CC[C@@H]1C. The van der Waals surface area contributed by atoms with Gasteiger partial charge in [0, 0.05) is 24.4 Å². The van der Waals surface area contributed by atoms with Gasteiger partial charge in [-0.25, -0.2) is 0 Å². The molecule has 2 saturated carbocycles. The zero-order chi connectivity index (χ0) is 27.9. The Hall–Kier alpha value is -1.23. The van der Waals surface area contributed by atoms with Gasteiger partial charge in [-0.2, -0.15) is 0 Å². The fourth-order valence-electron chi connectivity index (χ4n) is 5.98. The second-order valence-corrected chi connectivity index (χ2v) is 14.6. The summed E-state index contributed by atoms with van der Waals surface area (Å²) >= 11 is 0. The molecule has 7 atom stereocenters. The number of aromatic nitrogens is 1. The molecule has 1 aromatic heterocycles. The fourth-order valence-corrected chi connectivity index (χ4v) is 8.36. The number of pyridine rings is 1. The largest absolute Gasteiger partial charge is 0.444 e. The maximum absolute atomic E-state index is 15.2. The molecule has 0 saturated heterocycles. The molecule has 3 rings (SSSR count). The van der Waals surface area contributed by atoms with E-state index in [1.54, 1.807) is 18.5 Å². The lowest BCUT2D eigenvalue weighted by atomic mass is 9.76. The van der Waals surface area contributed by atoms with Crippen molar-refractivity contribution in [1.82, 2.24) is 4.98 Å². The van der Waals surface area contributed by atoms with E-state index >= 15 is 4.57 Å². The number of carbonyl (C=O) groups is 1. The number of esters is 1. The molecule has 7 heteroatoms. The van der Waals surface area contributed by atoms with Crippen LogP contribution < -0.4 is 0 Å². The van der Waals surface area contributed by atoms with Crippen molar-refractivity contribution in [1.29, 1.82) is 0 Å². The summed E-state index contributed by atoms with van der Waals surface area (Å²) < 4.78 is 34.5. The van der Waals surface area contributed by atoms with Crippen LogP contribution in [0.3, 0.4) is 0 Å². The van der Waals surface area contributed by atoms with Crippen molar-refractivity contribution in [2.75, 3.05) is 0 Å². The average molecular weight is 550 g/mol. The Morgan fingerprint density at radius 2 is 1.53 bits per heavy atom. The maximum Gasteiger partial charge on any atom is 0.376 e. The lowest BCUT2D eigenvalue weighted by Crippen LogP contribution is -2.35. The van der Waals surface area contributed by atoms with Gasteiger partial charge >= 0.3 is 13.6 Å². The first-order valence-corrected chi connectivity index (χ1v) is 16.7. The van der Waals surface area contributed by atoms with Gasteiger partial charge in [0.25, 0.3) is 0 Å². The Kier molecular flexibility index (Phi) is 11.9. The Morgan fingerprint density at radius 3 is 1.97 bits per heavy atom. The standard InChI is InChI=1S/C31H52NO5P/c1-8-9-12-30(33)35-31(27-11-10-17-32-20-27)38(34,36-28-18-25(21(2)3)15-13-23(28)6)37-29-19-26(22(4)5)16-14-24(29)7/h10-11,17,20-26,28-29,31H,8-9,12-16,18-19H2,1-7H3/t23-,24-,25+,26+,28+,29+,31-/m0/s1. The van der Waals surface area contributed by atoms with Gasteiger partial charge in [-0.15, -0.1) is 0 Å². The van der Waals surface area contributed by atoms with E-state index in [0.29, 0.717) is 29.2 Å². The maximum atomic E-state index is 15.2. The monoisotopic (exact) mass is 549 g/mol. The van der Waals surface area contributed by atoms with Crippen molar-refractivity contribution in [3.8, 4) is 0 Å². The summed E-state index contributed by atoms with van der Waals surface area (Å²) in [6.45, 7) is 15.4. The molecule has 0 unspecified atom stereocenters. The van der Waals surface area contributed by atoms with Gasteiger partial charge < -0.3 is 13.8 Å². The third kappa shape index (κ3) is 8.38. The van der Waals surface area contributed by atoms with Crippen LogP contribution in [0.2, 0.25) is 0 Å². The molecule has 1 heterocycles. The van der Waals surface area contributed by atoms with Crippen LogP contribution in [-0.2, 0) is 23.1 Å². The summed E-state index contributed by atoms with van der Waals surface area (Å²) in [4.78, 5) is 17.2. The molecule has 0 aromatic carbocycles. The van der Waals surface area contributed by atoms with Gasteiger partial charge in [0.1, 0.15) is 0 Å². The first-order chi connectivity index (χ1) is 18.0. The molecular formula is C31H52NO5P. The molecular weight excluding hydrogens is 497 g/mol. The van der Waals surface area contributed by atoms with Gasteiger partial charge in [-0.05, 0) is 86.5 Å². The molecule has 0 bridgehead atoms.